The lowest BCUT2D eigenvalue weighted by atomic mass is 10.0. The zero-order valence-electron chi connectivity index (χ0n) is 26.1. The first kappa shape index (κ1) is 41.0. The summed E-state index contributed by atoms with van der Waals surface area (Å²) in [5.41, 5.74) is 1.68. The van der Waals surface area contributed by atoms with Crippen LogP contribution >= 0.6 is 12.3 Å². The van der Waals surface area contributed by atoms with Gasteiger partial charge >= 0.3 is 0 Å². The monoisotopic (exact) mass is 613 g/mol. The van der Waals surface area contributed by atoms with Crippen molar-refractivity contribution in [2.75, 3.05) is 6.61 Å². The SMILES string of the molecule is CCCCCCCCCCCCCCCCCCCCCCCCCCCCCCOOOOONOOSOO. The lowest BCUT2D eigenvalue weighted by Gasteiger charge is -2.04. The van der Waals surface area contributed by atoms with Gasteiger partial charge in [-0.2, -0.15) is 0 Å². The molecule has 0 saturated carbocycles. The van der Waals surface area contributed by atoms with Gasteiger partial charge in [0.15, 0.2) is 0 Å². The molecule has 10 nitrogen and oxygen atoms in total. The van der Waals surface area contributed by atoms with Crippen LogP contribution in [0.4, 0.5) is 0 Å². The van der Waals surface area contributed by atoms with Gasteiger partial charge in [0.05, 0.1) is 6.61 Å². The largest absolute Gasteiger partial charge is 0.237 e. The Labute approximate surface area is 255 Å². The van der Waals surface area contributed by atoms with Crippen LogP contribution in [-0.4, -0.2) is 11.9 Å². The standard InChI is InChI=1S/C30H63NO9S/c1-2-3-4-5-6-7-8-9-10-11-12-13-14-15-16-17-18-19-20-21-22-23-24-25-26-27-28-29-30-33-37-39-38-34-31-35-40-41-36-32/h31-32H,2-30H2,1H3. The van der Waals surface area contributed by atoms with Gasteiger partial charge in [0.1, 0.15) is 0 Å². The second kappa shape index (κ2) is 40.0. The molecule has 2 N–H and O–H groups in total. The van der Waals surface area contributed by atoms with E-state index < -0.39 is 0 Å². The molecule has 0 saturated heterocycles. The van der Waals surface area contributed by atoms with E-state index in [1.54, 1.807) is 5.64 Å². The molecular formula is C30H63NO9S. The number of hydrogen-bond donors (Lipinski definition) is 2. The summed E-state index contributed by atoms with van der Waals surface area (Å²) in [4.78, 5) is 12.9. The molecule has 11 heteroatoms. The van der Waals surface area contributed by atoms with Crippen LogP contribution in [0.25, 0.3) is 0 Å². The van der Waals surface area contributed by atoms with E-state index in [-0.39, 0.29) is 12.3 Å². The van der Waals surface area contributed by atoms with Gasteiger partial charge in [-0.25, -0.2) is 10.1 Å². The predicted octanol–water partition coefficient (Wildman–Crippen LogP) is 11.1. The van der Waals surface area contributed by atoms with Crippen molar-refractivity contribution in [3.05, 3.63) is 0 Å². The summed E-state index contributed by atoms with van der Waals surface area (Å²) in [6.07, 6.45) is 38.7. The number of nitrogens with one attached hydrogen (secondary N) is 1. The molecular weight excluding hydrogens is 550 g/mol. The fourth-order valence-corrected chi connectivity index (χ4v) is 5.06. The average Bonchev–Trinajstić information content (AvgIpc) is 2.98. The Kier molecular flexibility index (Phi) is 39.9. The van der Waals surface area contributed by atoms with E-state index in [9.17, 15) is 0 Å². The van der Waals surface area contributed by atoms with Gasteiger partial charge in [0, 0.05) is 0 Å². The first-order chi connectivity index (χ1) is 20.4. The van der Waals surface area contributed by atoms with Crippen LogP contribution in [-0.2, 0) is 38.6 Å². The molecule has 0 rings (SSSR count). The molecule has 0 aromatic rings. The van der Waals surface area contributed by atoms with E-state index in [0.717, 1.165) is 12.8 Å². The highest BCUT2D eigenvalue weighted by molar-refractivity contribution is 7.89. The van der Waals surface area contributed by atoms with Gasteiger partial charge in [-0.1, -0.05) is 190 Å². The van der Waals surface area contributed by atoms with Crippen molar-refractivity contribution in [1.82, 2.24) is 5.64 Å². The normalized spacial score (nSPS) is 11.6. The Morgan fingerprint density at radius 3 is 1.17 bits per heavy atom. The van der Waals surface area contributed by atoms with E-state index in [1.165, 1.54) is 167 Å². The molecule has 0 fully saturated rings. The second-order valence-corrected chi connectivity index (χ2v) is 11.5. The van der Waals surface area contributed by atoms with Crippen LogP contribution in [0.15, 0.2) is 0 Å². The molecule has 0 bridgehead atoms. The van der Waals surface area contributed by atoms with Gasteiger partial charge < -0.3 is 0 Å². The molecule has 0 atom stereocenters. The Bertz CT molecular complexity index is 418. The summed E-state index contributed by atoms with van der Waals surface area (Å²) in [7, 11) is 0. The van der Waals surface area contributed by atoms with E-state index >= 15 is 0 Å². The van der Waals surface area contributed by atoms with Crippen LogP contribution in [0.2, 0.25) is 0 Å². The van der Waals surface area contributed by atoms with Crippen molar-refractivity contribution in [3.63, 3.8) is 0 Å². The maximum absolute atomic E-state index is 7.89. The van der Waals surface area contributed by atoms with Crippen molar-refractivity contribution in [1.29, 1.82) is 0 Å². The average molecular weight is 614 g/mol. The van der Waals surface area contributed by atoms with Crippen molar-refractivity contribution in [3.8, 4) is 0 Å². The molecule has 0 radical (unpaired) electrons. The van der Waals surface area contributed by atoms with Crippen LogP contribution in [0.5, 0.6) is 0 Å². The predicted molar refractivity (Wildman–Crippen MR) is 162 cm³/mol. The van der Waals surface area contributed by atoms with Crippen molar-refractivity contribution in [2.24, 2.45) is 0 Å². The summed E-state index contributed by atoms with van der Waals surface area (Å²) < 4.78 is 7.53. The van der Waals surface area contributed by atoms with Gasteiger partial charge in [-0.3, -0.25) is 0 Å². The van der Waals surface area contributed by atoms with Crippen LogP contribution < -0.4 is 5.64 Å². The third-order valence-corrected chi connectivity index (χ3v) is 7.56. The molecule has 0 spiro atoms. The summed E-state index contributed by atoms with van der Waals surface area (Å²) in [6.45, 7) is 2.68. The van der Waals surface area contributed by atoms with E-state index in [2.05, 4.69) is 40.7 Å². The molecule has 0 aromatic carbocycles. The highest BCUT2D eigenvalue weighted by Crippen LogP contribution is 2.16. The fourth-order valence-electron chi connectivity index (χ4n) is 4.98. The molecule has 0 aliphatic rings. The maximum atomic E-state index is 7.89. The Morgan fingerprint density at radius 2 is 0.805 bits per heavy atom. The lowest BCUT2D eigenvalue weighted by molar-refractivity contribution is -0.728. The number of unbranched alkanes of at least 4 members (excludes halogenated alkanes) is 27. The molecule has 0 aliphatic carbocycles. The van der Waals surface area contributed by atoms with Gasteiger partial charge in [-0.15, -0.1) is 8.67 Å². The molecule has 0 aromatic heterocycles. The van der Waals surface area contributed by atoms with Crippen molar-refractivity contribution >= 4 is 12.3 Å². The van der Waals surface area contributed by atoms with E-state index in [4.69, 9.17) is 10.1 Å². The van der Waals surface area contributed by atoms with Gasteiger partial charge in [0.25, 0.3) is 0 Å². The Morgan fingerprint density at radius 1 is 0.439 bits per heavy atom. The first-order valence-electron chi connectivity index (χ1n) is 16.8. The summed E-state index contributed by atoms with van der Waals surface area (Å²) in [5.74, 6) is 0. The zero-order valence-corrected chi connectivity index (χ0v) is 26.9. The van der Waals surface area contributed by atoms with Crippen molar-refractivity contribution in [2.45, 2.75) is 187 Å². The molecule has 248 valence electrons. The summed E-state index contributed by atoms with van der Waals surface area (Å²) in [6, 6.07) is 0. The van der Waals surface area contributed by atoms with Crippen LogP contribution in [0.3, 0.4) is 0 Å². The van der Waals surface area contributed by atoms with Crippen LogP contribution in [0.1, 0.15) is 187 Å². The lowest BCUT2D eigenvalue weighted by Crippen LogP contribution is -2.15. The fraction of sp³-hybridized carbons (Fsp3) is 1.00. The second-order valence-electron chi connectivity index (χ2n) is 11.0. The van der Waals surface area contributed by atoms with E-state index in [0.29, 0.717) is 6.61 Å². The highest BCUT2D eigenvalue weighted by Gasteiger charge is 1.98. The third-order valence-electron chi connectivity index (χ3n) is 7.38. The minimum Gasteiger partial charge on any atom is -0.237 e. The molecule has 0 heterocycles. The third kappa shape index (κ3) is 40.0. The summed E-state index contributed by atoms with van der Waals surface area (Å²) in [5, 5.41) is 20.2. The van der Waals surface area contributed by atoms with Crippen molar-refractivity contribution < 1.29 is 43.9 Å². The molecule has 0 aliphatic heterocycles. The topological polar surface area (TPSA) is 106 Å². The maximum Gasteiger partial charge on any atom is 0.230 e. The Hall–Kier alpha value is -0.0500. The summed E-state index contributed by atoms with van der Waals surface area (Å²) >= 11 is 0.143. The molecule has 41 heavy (non-hydrogen) atoms. The zero-order chi connectivity index (χ0) is 29.6. The number of rotatable bonds is 38. The van der Waals surface area contributed by atoms with Gasteiger partial charge in [-0.05, 0) is 27.2 Å². The minimum absolute atomic E-state index is 0.143. The first-order valence-corrected chi connectivity index (χ1v) is 17.4. The number of hydrogen-bond acceptors (Lipinski definition) is 11. The highest BCUT2D eigenvalue weighted by atomic mass is 32.2. The molecule has 0 unspecified atom stereocenters. The minimum atomic E-state index is 0.143. The Balaban J connectivity index is 3.02. The van der Waals surface area contributed by atoms with Crippen LogP contribution in [0, 0.1) is 0 Å². The smallest absolute Gasteiger partial charge is 0.230 e. The molecule has 0 amide bonds. The quantitative estimate of drug-likeness (QED) is 0.0300. The van der Waals surface area contributed by atoms with Gasteiger partial charge in [0.2, 0.25) is 12.3 Å². The van der Waals surface area contributed by atoms with E-state index in [1.807, 2.05) is 0 Å².